The van der Waals surface area contributed by atoms with E-state index < -0.39 is 0 Å². The molecule has 1 heterocycles. The van der Waals surface area contributed by atoms with Gasteiger partial charge in [-0.3, -0.25) is 9.78 Å². The maximum Gasteiger partial charge on any atom is 0.257 e. The van der Waals surface area contributed by atoms with Crippen molar-refractivity contribution in [3.8, 4) is 0 Å². The van der Waals surface area contributed by atoms with Gasteiger partial charge in [0.2, 0.25) is 0 Å². The molecule has 0 spiro atoms. The summed E-state index contributed by atoms with van der Waals surface area (Å²) in [5, 5.41) is 6.29. The highest BCUT2D eigenvalue weighted by Gasteiger charge is 2.13. The molecule has 0 unspecified atom stereocenters. The number of pyridine rings is 1. The smallest absolute Gasteiger partial charge is 0.257 e. The van der Waals surface area contributed by atoms with Crippen molar-refractivity contribution in [2.75, 3.05) is 17.7 Å². The van der Waals surface area contributed by atoms with E-state index in [1.807, 2.05) is 19.1 Å². The first-order valence-corrected chi connectivity index (χ1v) is 6.19. The Labute approximate surface area is 116 Å². The molecule has 0 saturated heterocycles. The monoisotopic (exact) mass is 275 g/mol. The van der Waals surface area contributed by atoms with Gasteiger partial charge < -0.3 is 10.6 Å². The maximum absolute atomic E-state index is 12.3. The van der Waals surface area contributed by atoms with Crippen LogP contribution >= 0.6 is 11.6 Å². The number of anilines is 2. The van der Waals surface area contributed by atoms with Gasteiger partial charge in [0.05, 0.1) is 28.2 Å². The molecule has 4 nitrogen and oxygen atoms in total. The van der Waals surface area contributed by atoms with Gasteiger partial charge in [-0.1, -0.05) is 23.7 Å². The highest BCUT2D eigenvalue weighted by Crippen LogP contribution is 2.26. The van der Waals surface area contributed by atoms with Crippen LogP contribution in [0.4, 0.5) is 11.4 Å². The van der Waals surface area contributed by atoms with E-state index in [2.05, 4.69) is 15.6 Å². The number of carbonyl (C=O) groups is 1. The molecule has 98 valence electrons. The number of aromatic nitrogens is 1. The molecule has 0 fully saturated rings. The normalized spacial score (nSPS) is 10.1. The van der Waals surface area contributed by atoms with Crippen molar-refractivity contribution < 1.29 is 4.79 Å². The van der Waals surface area contributed by atoms with Crippen molar-refractivity contribution in [1.82, 2.24) is 4.98 Å². The second-order valence-corrected chi connectivity index (χ2v) is 4.46. The fourth-order valence-electron chi connectivity index (χ4n) is 1.76. The predicted octanol–water partition coefficient (Wildman–Crippen LogP) is 3.34. The van der Waals surface area contributed by atoms with Gasteiger partial charge in [0.1, 0.15) is 0 Å². The van der Waals surface area contributed by atoms with E-state index in [1.165, 1.54) is 0 Å². The Bertz CT molecular complexity index is 593. The summed E-state index contributed by atoms with van der Waals surface area (Å²) in [6.07, 6.45) is 3.18. The van der Waals surface area contributed by atoms with Gasteiger partial charge in [-0.15, -0.1) is 0 Å². The zero-order chi connectivity index (χ0) is 13.8. The quantitative estimate of drug-likeness (QED) is 0.903. The zero-order valence-corrected chi connectivity index (χ0v) is 11.5. The second-order valence-electron chi connectivity index (χ2n) is 4.06. The molecule has 0 aliphatic rings. The summed E-state index contributed by atoms with van der Waals surface area (Å²) >= 11 is 6.09. The van der Waals surface area contributed by atoms with Gasteiger partial charge in [-0.25, -0.2) is 0 Å². The number of hydrogen-bond donors (Lipinski definition) is 2. The number of carbonyl (C=O) groups excluding carboxylic acids is 1. The average Bonchev–Trinajstić information content (AvgIpc) is 2.42. The van der Waals surface area contributed by atoms with Crippen molar-refractivity contribution in [1.29, 1.82) is 0 Å². The van der Waals surface area contributed by atoms with Gasteiger partial charge >= 0.3 is 0 Å². The molecule has 1 amide bonds. The second kappa shape index (κ2) is 5.71. The summed E-state index contributed by atoms with van der Waals surface area (Å²) in [4.78, 5) is 16.2. The molecule has 1 aromatic heterocycles. The van der Waals surface area contributed by atoms with Crippen LogP contribution in [0.5, 0.6) is 0 Å². The molecule has 5 heteroatoms. The van der Waals surface area contributed by atoms with Crippen LogP contribution in [0, 0.1) is 6.92 Å². The average molecular weight is 276 g/mol. The minimum atomic E-state index is -0.219. The van der Waals surface area contributed by atoms with Crippen molar-refractivity contribution >= 4 is 28.9 Å². The van der Waals surface area contributed by atoms with Crippen LogP contribution in [0.2, 0.25) is 5.02 Å². The summed E-state index contributed by atoms with van der Waals surface area (Å²) in [6.45, 7) is 1.90. The summed E-state index contributed by atoms with van der Waals surface area (Å²) in [5.41, 5.74) is 2.75. The summed E-state index contributed by atoms with van der Waals surface area (Å²) in [7, 11) is 1.74. The predicted molar refractivity (Wildman–Crippen MR) is 77.9 cm³/mol. The Kier molecular flexibility index (Phi) is 4.02. The van der Waals surface area contributed by atoms with Crippen LogP contribution in [0.15, 0.2) is 36.7 Å². The molecule has 0 atom stereocenters. The Morgan fingerprint density at radius 1 is 1.32 bits per heavy atom. The van der Waals surface area contributed by atoms with E-state index in [1.54, 1.807) is 31.6 Å². The number of amides is 1. The maximum atomic E-state index is 12.3. The molecule has 0 bridgehead atoms. The number of para-hydroxylation sites is 1. The van der Waals surface area contributed by atoms with E-state index in [9.17, 15) is 4.79 Å². The van der Waals surface area contributed by atoms with E-state index in [0.29, 0.717) is 22.0 Å². The Hall–Kier alpha value is -2.07. The van der Waals surface area contributed by atoms with E-state index in [4.69, 9.17) is 11.6 Å². The standard InChI is InChI=1S/C14H14ClN3O/c1-9-4-3-5-11(15)13(9)18-14(19)10-6-7-17-8-12(10)16-2/h3-8,16H,1-2H3,(H,18,19). The lowest BCUT2D eigenvalue weighted by Crippen LogP contribution is -2.15. The number of hydrogen-bond acceptors (Lipinski definition) is 3. The molecular weight excluding hydrogens is 262 g/mol. The Morgan fingerprint density at radius 2 is 2.11 bits per heavy atom. The fraction of sp³-hybridized carbons (Fsp3) is 0.143. The first-order chi connectivity index (χ1) is 9.13. The van der Waals surface area contributed by atoms with Crippen LogP contribution in [-0.4, -0.2) is 17.9 Å². The molecule has 0 saturated carbocycles. The van der Waals surface area contributed by atoms with E-state index >= 15 is 0 Å². The number of halogens is 1. The number of rotatable bonds is 3. The van der Waals surface area contributed by atoms with Crippen molar-refractivity contribution in [2.45, 2.75) is 6.92 Å². The highest BCUT2D eigenvalue weighted by molar-refractivity contribution is 6.34. The number of benzene rings is 1. The third-order valence-electron chi connectivity index (χ3n) is 2.80. The molecule has 1 aromatic carbocycles. The number of nitrogens with one attached hydrogen (secondary N) is 2. The van der Waals surface area contributed by atoms with Crippen LogP contribution < -0.4 is 10.6 Å². The minimum Gasteiger partial charge on any atom is -0.386 e. The Morgan fingerprint density at radius 3 is 2.79 bits per heavy atom. The molecule has 2 rings (SSSR count). The third kappa shape index (κ3) is 2.85. The van der Waals surface area contributed by atoms with Crippen LogP contribution in [-0.2, 0) is 0 Å². The van der Waals surface area contributed by atoms with Crippen LogP contribution in [0.25, 0.3) is 0 Å². The fourth-order valence-corrected chi connectivity index (χ4v) is 2.03. The van der Waals surface area contributed by atoms with Crippen LogP contribution in [0.1, 0.15) is 15.9 Å². The lowest BCUT2D eigenvalue weighted by Gasteiger charge is -2.12. The van der Waals surface area contributed by atoms with Crippen molar-refractivity contribution in [3.63, 3.8) is 0 Å². The molecular formula is C14H14ClN3O. The largest absolute Gasteiger partial charge is 0.386 e. The zero-order valence-electron chi connectivity index (χ0n) is 10.7. The first kappa shape index (κ1) is 13.4. The van der Waals surface area contributed by atoms with Crippen molar-refractivity contribution in [2.24, 2.45) is 0 Å². The Balaban J connectivity index is 2.31. The molecule has 2 aromatic rings. The summed E-state index contributed by atoms with van der Waals surface area (Å²) < 4.78 is 0. The molecule has 0 aliphatic heterocycles. The summed E-state index contributed by atoms with van der Waals surface area (Å²) in [5.74, 6) is -0.219. The molecule has 2 N–H and O–H groups in total. The van der Waals surface area contributed by atoms with Gasteiger partial charge in [0, 0.05) is 13.2 Å². The third-order valence-corrected chi connectivity index (χ3v) is 3.11. The highest BCUT2D eigenvalue weighted by atomic mass is 35.5. The van der Waals surface area contributed by atoms with Crippen LogP contribution in [0.3, 0.4) is 0 Å². The minimum absolute atomic E-state index is 0.219. The van der Waals surface area contributed by atoms with Gasteiger partial charge in [0.25, 0.3) is 5.91 Å². The van der Waals surface area contributed by atoms with Crippen molar-refractivity contribution in [3.05, 3.63) is 52.8 Å². The molecule has 19 heavy (non-hydrogen) atoms. The molecule has 0 aliphatic carbocycles. The first-order valence-electron chi connectivity index (χ1n) is 5.81. The number of nitrogens with zero attached hydrogens (tertiary/aromatic N) is 1. The van der Waals surface area contributed by atoms with Gasteiger partial charge in [-0.2, -0.15) is 0 Å². The summed E-state index contributed by atoms with van der Waals surface area (Å²) in [6, 6.07) is 7.15. The van der Waals surface area contributed by atoms with Gasteiger partial charge in [-0.05, 0) is 24.6 Å². The van der Waals surface area contributed by atoms with E-state index in [-0.39, 0.29) is 5.91 Å². The van der Waals surface area contributed by atoms with E-state index in [0.717, 1.165) is 5.56 Å². The lowest BCUT2D eigenvalue weighted by molar-refractivity contribution is 0.102. The van der Waals surface area contributed by atoms with Gasteiger partial charge in [0.15, 0.2) is 0 Å². The topological polar surface area (TPSA) is 54.0 Å². The SMILES string of the molecule is CNc1cnccc1C(=O)Nc1c(C)cccc1Cl. The lowest BCUT2D eigenvalue weighted by atomic mass is 10.1. The molecule has 0 radical (unpaired) electrons. The number of aryl methyl sites for hydroxylation is 1.